The van der Waals surface area contributed by atoms with Crippen molar-refractivity contribution in [2.24, 2.45) is 0 Å². The van der Waals surface area contributed by atoms with Gasteiger partial charge in [-0.1, -0.05) is 18.2 Å². The number of amides is 1. The molecule has 0 saturated heterocycles. The van der Waals surface area contributed by atoms with E-state index >= 15 is 0 Å². The summed E-state index contributed by atoms with van der Waals surface area (Å²) in [6, 6.07) is 17.8. The highest BCUT2D eigenvalue weighted by Gasteiger charge is 2.11. The van der Waals surface area contributed by atoms with Crippen molar-refractivity contribution in [2.75, 3.05) is 11.9 Å². The first-order chi connectivity index (χ1) is 13.0. The third-order valence-electron chi connectivity index (χ3n) is 3.85. The van der Waals surface area contributed by atoms with Gasteiger partial charge >= 0.3 is 0 Å². The van der Waals surface area contributed by atoms with Gasteiger partial charge in [0.2, 0.25) is 0 Å². The number of hydrogen-bond donors (Lipinski definition) is 1. The van der Waals surface area contributed by atoms with Crippen molar-refractivity contribution in [1.82, 2.24) is 9.78 Å². The van der Waals surface area contributed by atoms with Crippen LogP contribution in [0.4, 0.5) is 5.69 Å². The van der Waals surface area contributed by atoms with Crippen LogP contribution in [0.25, 0.3) is 0 Å². The van der Waals surface area contributed by atoms with Crippen molar-refractivity contribution in [3.05, 3.63) is 85.8 Å². The van der Waals surface area contributed by atoms with Crippen LogP contribution in [-0.4, -0.2) is 22.3 Å². The molecule has 1 amide bonds. The van der Waals surface area contributed by atoms with Crippen LogP contribution in [0.3, 0.4) is 0 Å². The molecule has 6 nitrogen and oxygen atoms in total. The molecule has 0 aliphatic heterocycles. The number of ether oxygens (including phenoxy) is 1. The molecule has 0 saturated carbocycles. The molecular formula is C20H18IN3O3. The van der Waals surface area contributed by atoms with Crippen LogP contribution in [0.5, 0.6) is 5.75 Å². The third-order valence-corrected chi connectivity index (χ3v) is 4.52. The summed E-state index contributed by atoms with van der Waals surface area (Å²) in [5, 5.41) is 6.99. The Morgan fingerprint density at radius 2 is 1.93 bits per heavy atom. The Morgan fingerprint density at radius 1 is 1.15 bits per heavy atom. The summed E-state index contributed by atoms with van der Waals surface area (Å²) >= 11 is 2.22. The van der Waals surface area contributed by atoms with Crippen molar-refractivity contribution in [1.29, 1.82) is 0 Å². The maximum absolute atomic E-state index is 12.5. The smallest absolute Gasteiger partial charge is 0.276 e. The Kier molecular flexibility index (Phi) is 6.23. The minimum Gasteiger partial charge on any atom is -0.492 e. The summed E-state index contributed by atoms with van der Waals surface area (Å²) in [6.07, 6.45) is 0. The van der Waals surface area contributed by atoms with Crippen molar-refractivity contribution in [3.63, 3.8) is 0 Å². The van der Waals surface area contributed by atoms with Crippen LogP contribution in [0, 0.1) is 10.5 Å². The molecule has 0 bridgehead atoms. The monoisotopic (exact) mass is 475 g/mol. The quantitative estimate of drug-likeness (QED) is 0.555. The van der Waals surface area contributed by atoms with E-state index < -0.39 is 0 Å². The number of para-hydroxylation sites is 1. The lowest BCUT2D eigenvalue weighted by molar-refractivity contribution is 0.101. The van der Waals surface area contributed by atoms with Gasteiger partial charge in [0.1, 0.15) is 18.1 Å². The third kappa shape index (κ3) is 5.16. The molecule has 1 aromatic heterocycles. The second-order valence-corrected chi connectivity index (χ2v) is 7.10. The van der Waals surface area contributed by atoms with Crippen LogP contribution >= 0.6 is 22.6 Å². The number of aryl methyl sites for hydroxylation is 1. The van der Waals surface area contributed by atoms with E-state index in [1.54, 1.807) is 0 Å². The number of carbonyl (C=O) groups is 1. The summed E-state index contributed by atoms with van der Waals surface area (Å²) in [7, 11) is 0. The second-order valence-electron chi connectivity index (χ2n) is 5.85. The molecule has 0 fully saturated rings. The Hall–Kier alpha value is -2.68. The first kappa shape index (κ1) is 19.1. The molecule has 0 unspecified atom stereocenters. The minimum absolute atomic E-state index is 0.173. The van der Waals surface area contributed by atoms with Crippen LogP contribution < -0.4 is 15.6 Å². The molecule has 0 aliphatic rings. The predicted molar refractivity (Wildman–Crippen MR) is 112 cm³/mol. The molecule has 3 aromatic rings. The van der Waals surface area contributed by atoms with E-state index in [4.69, 9.17) is 4.74 Å². The molecule has 1 heterocycles. The molecule has 0 spiro atoms. The number of carbonyl (C=O) groups excluding carboxylic acids is 1. The number of halogens is 1. The first-order valence-electron chi connectivity index (χ1n) is 8.36. The average molecular weight is 475 g/mol. The molecule has 0 atom stereocenters. The van der Waals surface area contributed by atoms with Gasteiger partial charge in [-0.25, -0.2) is 4.68 Å². The molecule has 27 heavy (non-hydrogen) atoms. The molecule has 1 N–H and O–H groups in total. The van der Waals surface area contributed by atoms with E-state index in [0.29, 0.717) is 11.4 Å². The molecule has 0 aliphatic carbocycles. The summed E-state index contributed by atoms with van der Waals surface area (Å²) < 4.78 is 7.91. The molecule has 3 rings (SSSR count). The normalized spacial score (nSPS) is 10.4. The van der Waals surface area contributed by atoms with Crippen LogP contribution in [0.15, 0.2) is 65.5 Å². The van der Waals surface area contributed by atoms with Gasteiger partial charge in [0.25, 0.3) is 11.5 Å². The van der Waals surface area contributed by atoms with E-state index in [1.807, 2.05) is 55.5 Å². The average Bonchev–Trinajstić information content (AvgIpc) is 2.66. The van der Waals surface area contributed by atoms with E-state index in [-0.39, 0.29) is 30.3 Å². The number of anilines is 1. The van der Waals surface area contributed by atoms with Crippen LogP contribution in [0.1, 0.15) is 16.1 Å². The van der Waals surface area contributed by atoms with Gasteiger partial charge in [-0.15, -0.1) is 0 Å². The lowest BCUT2D eigenvalue weighted by atomic mass is 10.2. The second kappa shape index (κ2) is 8.81. The Bertz CT molecular complexity index is 1000. The van der Waals surface area contributed by atoms with Gasteiger partial charge in [-0.05, 0) is 71.5 Å². The SMILES string of the molecule is Cc1cc(I)ccc1NC(=O)c1ccc(=O)n(CCOc2ccccc2)n1. The zero-order valence-corrected chi connectivity index (χ0v) is 16.8. The van der Waals surface area contributed by atoms with Gasteiger partial charge < -0.3 is 10.1 Å². The van der Waals surface area contributed by atoms with E-state index in [1.165, 1.54) is 16.8 Å². The summed E-state index contributed by atoms with van der Waals surface area (Å²) in [5.41, 5.74) is 1.56. The van der Waals surface area contributed by atoms with Crippen LogP contribution in [-0.2, 0) is 6.54 Å². The van der Waals surface area contributed by atoms with Gasteiger partial charge in [-0.3, -0.25) is 9.59 Å². The Balaban J connectivity index is 1.68. The number of rotatable bonds is 6. The van der Waals surface area contributed by atoms with Gasteiger partial charge in [0, 0.05) is 15.3 Å². The number of aromatic nitrogens is 2. The highest BCUT2D eigenvalue weighted by molar-refractivity contribution is 14.1. The molecule has 138 valence electrons. The molecule has 0 radical (unpaired) electrons. The number of hydrogen-bond acceptors (Lipinski definition) is 4. The topological polar surface area (TPSA) is 73.2 Å². The van der Waals surface area contributed by atoms with Gasteiger partial charge in [-0.2, -0.15) is 5.10 Å². The zero-order valence-electron chi connectivity index (χ0n) is 14.7. The minimum atomic E-state index is -0.364. The summed E-state index contributed by atoms with van der Waals surface area (Å²) in [6.45, 7) is 2.45. The van der Waals surface area contributed by atoms with Gasteiger partial charge in [0.15, 0.2) is 0 Å². The van der Waals surface area contributed by atoms with Crippen molar-refractivity contribution >= 4 is 34.2 Å². The van der Waals surface area contributed by atoms with Crippen molar-refractivity contribution < 1.29 is 9.53 Å². The largest absolute Gasteiger partial charge is 0.492 e. The molecular weight excluding hydrogens is 457 g/mol. The van der Waals surface area contributed by atoms with Crippen molar-refractivity contribution in [3.8, 4) is 5.75 Å². The number of nitrogens with zero attached hydrogens (tertiary/aromatic N) is 2. The lowest BCUT2D eigenvalue weighted by Gasteiger charge is -2.10. The predicted octanol–water partition coefficient (Wildman–Crippen LogP) is 3.49. The lowest BCUT2D eigenvalue weighted by Crippen LogP contribution is -2.28. The van der Waals surface area contributed by atoms with Crippen LogP contribution in [0.2, 0.25) is 0 Å². The standard InChI is InChI=1S/C20H18IN3O3/c1-14-13-15(21)7-8-17(14)22-20(26)18-9-10-19(25)24(23-18)11-12-27-16-5-3-2-4-6-16/h2-10,13H,11-12H2,1H3,(H,22,26). The van der Waals surface area contributed by atoms with Gasteiger partial charge in [0.05, 0.1) is 6.54 Å². The fraction of sp³-hybridized carbons (Fsp3) is 0.150. The Labute approximate surface area is 170 Å². The highest BCUT2D eigenvalue weighted by atomic mass is 127. The maximum Gasteiger partial charge on any atom is 0.276 e. The molecule has 7 heteroatoms. The van der Waals surface area contributed by atoms with E-state index in [2.05, 4.69) is 33.0 Å². The fourth-order valence-electron chi connectivity index (χ4n) is 2.45. The fourth-order valence-corrected chi connectivity index (χ4v) is 3.10. The van der Waals surface area contributed by atoms with E-state index in [0.717, 1.165) is 9.13 Å². The van der Waals surface area contributed by atoms with E-state index in [9.17, 15) is 9.59 Å². The summed E-state index contributed by atoms with van der Waals surface area (Å²) in [5.74, 6) is 0.352. The first-order valence-corrected chi connectivity index (χ1v) is 9.44. The summed E-state index contributed by atoms with van der Waals surface area (Å²) in [4.78, 5) is 24.5. The van der Waals surface area contributed by atoms with Crippen molar-refractivity contribution in [2.45, 2.75) is 13.5 Å². The highest BCUT2D eigenvalue weighted by Crippen LogP contribution is 2.18. The zero-order chi connectivity index (χ0) is 19.2. The maximum atomic E-state index is 12.5. The number of benzene rings is 2. The molecule has 2 aromatic carbocycles. The number of nitrogens with one attached hydrogen (secondary N) is 1. The Morgan fingerprint density at radius 3 is 2.67 bits per heavy atom.